The SMILES string of the molecule is COc1ccc(C)cc1S(=O)(=O)Nc1ccc(Nc2ccc(-n3ccc(C)n3)nn2)cc1. The lowest BCUT2D eigenvalue weighted by Crippen LogP contribution is -2.14. The Balaban J connectivity index is 1.46. The molecule has 0 fully saturated rings. The van der Waals surface area contributed by atoms with Crippen LogP contribution in [0.1, 0.15) is 11.3 Å². The molecule has 0 bridgehead atoms. The van der Waals surface area contributed by atoms with E-state index in [1.165, 1.54) is 7.11 Å². The molecule has 0 atom stereocenters. The second kappa shape index (κ2) is 8.67. The van der Waals surface area contributed by atoms with Crippen molar-refractivity contribution in [3.05, 3.63) is 78.1 Å². The quantitative estimate of drug-likeness (QED) is 0.440. The molecule has 0 aliphatic rings. The monoisotopic (exact) mass is 450 g/mol. The highest BCUT2D eigenvalue weighted by atomic mass is 32.2. The zero-order valence-electron chi connectivity index (χ0n) is 17.8. The normalized spacial score (nSPS) is 11.2. The molecule has 2 heterocycles. The van der Waals surface area contributed by atoms with Gasteiger partial charge < -0.3 is 10.1 Å². The van der Waals surface area contributed by atoms with E-state index in [0.717, 1.165) is 16.9 Å². The van der Waals surface area contributed by atoms with E-state index < -0.39 is 10.0 Å². The van der Waals surface area contributed by atoms with Crippen LogP contribution in [0.4, 0.5) is 17.2 Å². The average Bonchev–Trinajstić information content (AvgIpc) is 3.22. The van der Waals surface area contributed by atoms with E-state index in [-0.39, 0.29) is 10.6 Å². The summed E-state index contributed by atoms with van der Waals surface area (Å²) in [7, 11) is -2.37. The number of ether oxygens (including phenoxy) is 1. The Hall–Kier alpha value is -3.92. The molecular weight excluding hydrogens is 428 g/mol. The highest BCUT2D eigenvalue weighted by Gasteiger charge is 2.20. The van der Waals surface area contributed by atoms with Crippen LogP contribution < -0.4 is 14.8 Å². The Bertz CT molecular complexity index is 1330. The summed E-state index contributed by atoms with van der Waals surface area (Å²) in [6.45, 7) is 3.73. The molecule has 164 valence electrons. The molecule has 2 aromatic carbocycles. The van der Waals surface area contributed by atoms with Gasteiger partial charge in [-0.3, -0.25) is 4.72 Å². The first-order valence-corrected chi connectivity index (χ1v) is 11.2. The number of aromatic nitrogens is 4. The molecule has 0 saturated carbocycles. The molecular formula is C22H22N6O3S. The number of hydrogen-bond acceptors (Lipinski definition) is 7. The number of anilines is 3. The maximum Gasteiger partial charge on any atom is 0.265 e. The third-order valence-electron chi connectivity index (χ3n) is 4.63. The number of aryl methyl sites for hydroxylation is 2. The van der Waals surface area contributed by atoms with E-state index in [9.17, 15) is 8.42 Å². The molecule has 2 aromatic heterocycles. The lowest BCUT2D eigenvalue weighted by atomic mass is 10.2. The summed E-state index contributed by atoms with van der Waals surface area (Å²) in [6.07, 6.45) is 1.82. The van der Waals surface area contributed by atoms with Crippen molar-refractivity contribution >= 4 is 27.2 Å². The summed E-state index contributed by atoms with van der Waals surface area (Å²) in [5.41, 5.74) is 2.87. The van der Waals surface area contributed by atoms with Gasteiger partial charge in [-0.15, -0.1) is 10.2 Å². The number of methoxy groups -OCH3 is 1. The zero-order valence-corrected chi connectivity index (χ0v) is 18.6. The van der Waals surface area contributed by atoms with Crippen molar-refractivity contribution in [2.24, 2.45) is 0 Å². The van der Waals surface area contributed by atoms with Gasteiger partial charge >= 0.3 is 0 Å². The minimum Gasteiger partial charge on any atom is -0.495 e. The zero-order chi connectivity index (χ0) is 22.7. The number of hydrogen-bond donors (Lipinski definition) is 2. The van der Waals surface area contributed by atoms with Crippen molar-refractivity contribution in [2.45, 2.75) is 18.7 Å². The minimum atomic E-state index is -3.81. The number of nitrogens with one attached hydrogen (secondary N) is 2. The van der Waals surface area contributed by atoms with Crippen LogP contribution in [0.5, 0.6) is 5.75 Å². The standard InChI is InChI=1S/C22H22N6O3S/c1-15-4-9-19(31-3)20(14-15)32(29,30)27-18-7-5-17(6-8-18)23-21-10-11-22(25-24-21)28-13-12-16(2)26-28/h4-14,27H,1-3H3,(H,23,24). The van der Waals surface area contributed by atoms with Crippen LogP contribution >= 0.6 is 0 Å². The summed E-state index contributed by atoms with van der Waals surface area (Å²) in [5.74, 6) is 1.45. The molecule has 0 saturated heterocycles. The largest absolute Gasteiger partial charge is 0.495 e. The third kappa shape index (κ3) is 4.70. The molecule has 32 heavy (non-hydrogen) atoms. The number of benzene rings is 2. The summed E-state index contributed by atoms with van der Waals surface area (Å²) < 4.78 is 35.1. The van der Waals surface area contributed by atoms with E-state index in [1.54, 1.807) is 59.3 Å². The van der Waals surface area contributed by atoms with E-state index >= 15 is 0 Å². The van der Waals surface area contributed by atoms with Crippen molar-refractivity contribution in [3.63, 3.8) is 0 Å². The molecule has 0 radical (unpaired) electrons. The van der Waals surface area contributed by atoms with Crippen molar-refractivity contribution in [1.82, 2.24) is 20.0 Å². The van der Waals surface area contributed by atoms with Gasteiger partial charge in [0.05, 0.1) is 12.8 Å². The van der Waals surface area contributed by atoms with E-state index in [4.69, 9.17) is 4.74 Å². The maximum absolute atomic E-state index is 12.8. The van der Waals surface area contributed by atoms with E-state index in [1.807, 2.05) is 26.1 Å². The first-order chi connectivity index (χ1) is 15.3. The molecule has 4 rings (SSSR count). The number of rotatable bonds is 7. The average molecular weight is 451 g/mol. The van der Waals surface area contributed by atoms with Gasteiger partial charge in [0.1, 0.15) is 10.6 Å². The number of sulfonamides is 1. The summed E-state index contributed by atoms with van der Waals surface area (Å²) >= 11 is 0. The maximum atomic E-state index is 12.8. The Labute approximate surface area is 186 Å². The molecule has 0 aliphatic carbocycles. The molecule has 4 aromatic rings. The topological polar surface area (TPSA) is 111 Å². The summed E-state index contributed by atoms with van der Waals surface area (Å²) in [5, 5.41) is 15.8. The highest BCUT2D eigenvalue weighted by molar-refractivity contribution is 7.92. The molecule has 9 nitrogen and oxygen atoms in total. The van der Waals surface area contributed by atoms with Crippen molar-refractivity contribution < 1.29 is 13.2 Å². The molecule has 0 unspecified atom stereocenters. The smallest absolute Gasteiger partial charge is 0.265 e. The lowest BCUT2D eigenvalue weighted by molar-refractivity contribution is 0.402. The van der Waals surface area contributed by atoms with Gasteiger partial charge in [-0.2, -0.15) is 5.10 Å². The molecule has 2 N–H and O–H groups in total. The van der Waals surface area contributed by atoms with E-state index in [0.29, 0.717) is 17.3 Å². The van der Waals surface area contributed by atoms with Crippen molar-refractivity contribution in [3.8, 4) is 11.6 Å². The Morgan fingerprint density at radius 1 is 0.906 bits per heavy atom. The lowest BCUT2D eigenvalue weighted by Gasteiger charge is -2.13. The van der Waals surface area contributed by atoms with Crippen LogP contribution in [0, 0.1) is 13.8 Å². The molecule has 10 heteroatoms. The van der Waals surface area contributed by atoms with E-state index in [2.05, 4.69) is 25.3 Å². The number of nitrogens with zero attached hydrogens (tertiary/aromatic N) is 4. The Morgan fingerprint density at radius 3 is 2.28 bits per heavy atom. The first kappa shape index (κ1) is 21.3. The fourth-order valence-corrected chi connectivity index (χ4v) is 4.34. The molecule has 0 aliphatic heterocycles. The van der Waals surface area contributed by atoms with Gasteiger partial charge in [0, 0.05) is 17.6 Å². The van der Waals surface area contributed by atoms with Gasteiger partial charge in [-0.1, -0.05) is 6.07 Å². The second-order valence-corrected chi connectivity index (χ2v) is 8.79. The fourth-order valence-electron chi connectivity index (χ4n) is 3.03. The molecule has 0 spiro atoms. The van der Waals surface area contributed by atoms with Crippen LogP contribution in [0.2, 0.25) is 0 Å². The van der Waals surface area contributed by atoms with Crippen LogP contribution in [0.25, 0.3) is 5.82 Å². The van der Waals surface area contributed by atoms with Gasteiger partial charge in [0.2, 0.25) is 0 Å². The fraction of sp³-hybridized carbons (Fsp3) is 0.136. The second-order valence-electron chi connectivity index (χ2n) is 7.14. The third-order valence-corrected chi connectivity index (χ3v) is 6.03. The van der Waals surface area contributed by atoms with Crippen LogP contribution in [-0.4, -0.2) is 35.5 Å². The Morgan fingerprint density at radius 2 is 1.66 bits per heavy atom. The predicted octanol–water partition coefficient (Wildman–Crippen LogP) is 3.83. The van der Waals surface area contributed by atoms with Crippen LogP contribution in [0.3, 0.4) is 0 Å². The summed E-state index contributed by atoms with van der Waals surface area (Å²) in [6, 6.07) is 17.3. The van der Waals surface area contributed by atoms with Gasteiger partial charge in [-0.25, -0.2) is 13.1 Å². The van der Waals surface area contributed by atoms with Gasteiger partial charge in [-0.05, 0) is 74.0 Å². The molecule has 0 amide bonds. The minimum absolute atomic E-state index is 0.0879. The van der Waals surface area contributed by atoms with Gasteiger partial charge in [0.15, 0.2) is 11.6 Å². The van der Waals surface area contributed by atoms with Crippen LogP contribution in [-0.2, 0) is 10.0 Å². The summed E-state index contributed by atoms with van der Waals surface area (Å²) in [4.78, 5) is 0.0879. The van der Waals surface area contributed by atoms with Crippen LogP contribution in [0.15, 0.2) is 71.8 Å². The first-order valence-electron chi connectivity index (χ1n) is 9.75. The van der Waals surface area contributed by atoms with Gasteiger partial charge in [0.25, 0.3) is 10.0 Å². The predicted molar refractivity (Wildman–Crippen MR) is 122 cm³/mol. The Kier molecular flexibility index (Phi) is 5.78. The highest BCUT2D eigenvalue weighted by Crippen LogP contribution is 2.27. The van der Waals surface area contributed by atoms with Crippen molar-refractivity contribution in [2.75, 3.05) is 17.1 Å². The van der Waals surface area contributed by atoms with Crippen molar-refractivity contribution in [1.29, 1.82) is 0 Å².